The summed E-state index contributed by atoms with van der Waals surface area (Å²) in [5.41, 5.74) is 5.61. The van der Waals surface area contributed by atoms with Gasteiger partial charge in [0, 0.05) is 25.6 Å². The van der Waals surface area contributed by atoms with Crippen LogP contribution < -0.4 is 5.73 Å². The van der Waals surface area contributed by atoms with E-state index in [1.165, 1.54) is 6.42 Å². The summed E-state index contributed by atoms with van der Waals surface area (Å²) in [5, 5.41) is 0. The van der Waals surface area contributed by atoms with Crippen molar-refractivity contribution in [2.75, 3.05) is 26.7 Å². The molecule has 1 fully saturated rings. The van der Waals surface area contributed by atoms with Crippen LogP contribution in [0.1, 0.15) is 33.1 Å². The molecule has 5 heteroatoms. The van der Waals surface area contributed by atoms with Crippen molar-refractivity contribution in [1.82, 2.24) is 9.80 Å². The zero-order valence-corrected chi connectivity index (χ0v) is 12.5. The second-order valence-corrected chi connectivity index (χ2v) is 5.78. The highest BCUT2D eigenvalue weighted by Crippen LogP contribution is 2.12. The molecule has 0 aromatic carbocycles. The number of hydrogen-bond acceptors (Lipinski definition) is 3. The number of piperidine rings is 1. The van der Waals surface area contributed by atoms with E-state index in [-0.39, 0.29) is 17.9 Å². The molecule has 0 bridgehead atoms. The predicted octanol–water partition coefficient (Wildman–Crippen LogP) is 1.24. The molecule has 1 aliphatic heterocycles. The van der Waals surface area contributed by atoms with Crippen LogP contribution in [-0.2, 0) is 4.79 Å². The molecule has 2 unspecified atom stereocenters. The van der Waals surface area contributed by atoms with Gasteiger partial charge in [0.1, 0.15) is 0 Å². The summed E-state index contributed by atoms with van der Waals surface area (Å²) in [5.74, 6) is 0.369. The maximum atomic E-state index is 12.3. The molecule has 0 aliphatic carbocycles. The van der Waals surface area contributed by atoms with Crippen LogP contribution >= 0.6 is 12.2 Å². The molecule has 2 atom stereocenters. The highest BCUT2D eigenvalue weighted by Gasteiger charge is 2.25. The van der Waals surface area contributed by atoms with E-state index in [9.17, 15) is 4.79 Å². The number of likely N-dealkylation sites (N-methyl/N-ethyl adjacent to an activating group) is 1. The van der Waals surface area contributed by atoms with Crippen molar-refractivity contribution in [3.63, 3.8) is 0 Å². The summed E-state index contributed by atoms with van der Waals surface area (Å²) in [4.78, 5) is 16.8. The average molecular weight is 271 g/mol. The van der Waals surface area contributed by atoms with E-state index in [1.807, 2.05) is 30.7 Å². The molecule has 4 nitrogen and oxygen atoms in total. The SMILES string of the molecule is CC(CN(C)C(C)C(=O)N1CCCCC1)C(N)=S. The second-order valence-electron chi connectivity index (χ2n) is 5.30. The number of nitrogens with zero attached hydrogens (tertiary/aromatic N) is 2. The number of carbonyl (C=O) groups is 1. The van der Waals surface area contributed by atoms with E-state index < -0.39 is 0 Å². The number of carbonyl (C=O) groups excluding carboxylic acids is 1. The first kappa shape index (κ1) is 15.4. The van der Waals surface area contributed by atoms with E-state index in [0.29, 0.717) is 4.99 Å². The minimum Gasteiger partial charge on any atom is -0.393 e. The third-order valence-electron chi connectivity index (χ3n) is 3.73. The Hall–Kier alpha value is -0.680. The van der Waals surface area contributed by atoms with Crippen LogP contribution in [0.5, 0.6) is 0 Å². The molecule has 0 aromatic rings. The highest BCUT2D eigenvalue weighted by molar-refractivity contribution is 7.80. The summed E-state index contributed by atoms with van der Waals surface area (Å²) in [6, 6.07) is -0.0973. The van der Waals surface area contributed by atoms with Gasteiger partial charge in [-0.3, -0.25) is 9.69 Å². The van der Waals surface area contributed by atoms with Crippen LogP contribution in [0, 0.1) is 5.92 Å². The molecule has 1 heterocycles. The second kappa shape index (κ2) is 7.04. The third kappa shape index (κ3) is 4.21. The molecule has 1 saturated heterocycles. The van der Waals surface area contributed by atoms with E-state index >= 15 is 0 Å². The predicted molar refractivity (Wildman–Crippen MR) is 78.5 cm³/mol. The normalized spacial score (nSPS) is 19.7. The summed E-state index contributed by atoms with van der Waals surface area (Å²) >= 11 is 4.97. The van der Waals surface area contributed by atoms with Gasteiger partial charge in [-0.15, -0.1) is 0 Å². The average Bonchev–Trinajstić information content (AvgIpc) is 2.37. The van der Waals surface area contributed by atoms with Crippen molar-refractivity contribution < 1.29 is 4.79 Å². The van der Waals surface area contributed by atoms with Crippen LogP contribution in [0.2, 0.25) is 0 Å². The Morgan fingerprint density at radius 2 is 1.89 bits per heavy atom. The number of amides is 1. The molecule has 18 heavy (non-hydrogen) atoms. The Kier molecular flexibility index (Phi) is 6.02. The van der Waals surface area contributed by atoms with Gasteiger partial charge in [0.25, 0.3) is 0 Å². The fourth-order valence-corrected chi connectivity index (χ4v) is 2.32. The highest BCUT2D eigenvalue weighted by atomic mass is 32.1. The maximum Gasteiger partial charge on any atom is 0.239 e. The van der Waals surface area contributed by atoms with Crippen LogP contribution in [0.25, 0.3) is 0 Å². The number of hydrogen-bond donors (Lipinski definition) is 1. The van der Waals surface area contributed by atoms with Crippen molar-refractivity contribution in [1.29, 1.82) is 0 Å². The largest absolute Gasteiger partial charge is 0.393 e. The zero-order chi connectivity index (χ0) is 13.7. The van der Waals surface area contributed by atoms with E-state index in [2.05, 4.69) is 0 Å². The molecule has 0 aromatic heterocycles. The minimum atomic E-state index is -0.0973. The zero-order valence-electron chi connectivity index (χ0n) is 11.7. The van der Waals surface area contributed by atoms with Gasteiger partial charge in [-0.2, -0.15) is 0 Å². The Labute approximate surface area is 115 Å². The van der Waals surface area contributed by atoms with Crippen LogP contribution in [0.4, 0.5) is 0 Å². The summed E-state index contributed by atoms with van der Waals surface area (Å²) in [6.45, 7) is 6.50. The molecular formula is C13H25N3OS. The van der Waals surface area contributed by atoms with Crippen LogP contribution in [0.15, 0.2) is 0 Å². The monoisotopic (exact) mass is 271 g/mol. The lowest BCUT2D eigenvalue weighted by Gasteiger charge is -2.33. The van der Waals surface area contributed by atoms with Crippen molar-refractivity contribution in [2.45, 2.75) is 39.2 Å². The van der Waals surface area contributed by atoms with E-state index in [0.717, 1.165) is 32.5 Å². The summed E-state index contributed by atoms with van der Waals surface area (Å²) in [7, 11) is 1.96. The molecule has 2 N–H and O–H groups in total. The lowest BCUT2D eigenvalue weighted by atomic mass is 10.1. The van der Waals surface area contributed by atoms with Crippen molar-refractivity contribution >= 4 is 23.1 Å². The van der Waals surface area contributed by atoms with E-state index in [4.69, 9.17) is 18.0 Å². The number of nitrogens with two attached hydrogens (primary N) is 1. The minimum absolute atomic E-state index is 0.0973. The topological polar surface area (TPSA) is 49.6 Å². The standard InChI is InChI=1S/C13H25N3OS/c1-10(12(14)18)9-15(3)11(2)13(17)16-7-5-4-6-8-16/h10-11H,4-9H2,1-3H3,(H2,14,18). The van der Waals surface area contributed by atoms with Crippen molar-refractivity contribution in [3.8, 4) is 0 Å². The molecule has 1 aliphatic rings. The molecule has 0 spiro atoms. The van der Waals surface area contributed by atoms with Gasteiger partial charge < -0.3 is 10.6 Å². The Bertz CT molecular complexity index is 303. The molecular weight excluding hydrogens is 246 g/mol. The first-order valence-electron chi connectivity index (χ1n) is 6.71. The maximum absolute atomic E-state index is 12.3. The van der Waals surface area contributed by atoms with Gasteiger partial charge in [-0.05, 0) is 33.2 Å². The van der Waals surface area contributed by atoms with Crippen LogP contribution in [0.3, 0.4) is 0 Å². The molecule has 1 rings (SSSR count). The van der Waals surface area contributed by atoms with Crippen LogP contribution in [-0.4, -0.2) is 53.4 Å². The Balaban J connectivity index is 2.48. The lowest BCUT2D eigenvalue weighted by molar-refractivity contribution is -0.136. The Morgan fingerprint density at radius 3 is 2.39 bits per heavy atom. The van der Waals surface area contributed by atoms with Gasteiger partial charge in [-0.1, -0.05) is 19.1 Å². The summed E-state index contributed by atoms with van der Waals surface area (Å²) in [6.07, 6.45) is 3.50. The van der Waals surface area contributed by atoms with E-state index in [1.54, 1.807) is 0 Å². The quantitative estimate of drug-likeness (QED) is 0.764. The lowest BCUT2D eigenvalue weighted by Crippen LogP contribution is -2.49. The number of thiocarbonyl (C=S) groups is 1. The number of rotatable bonds is 5. The fourth-order valence-electron chi connectivity index (χ4n) is 2.25. The Morgan fingerprint density at radius 1 is 1.33 bits per heavy atom. The first-order chi connectivity index (χ1) is 8.43. The molecule has 0 saturated carbocycles. The molecule has 104 valence electrons. The first-order valence-corrected chi connectivity index (χ1v) is 7.12. The smallest absolute Gasteiger partial charge is 0.239 e. The number of likely N-dealkylation sites (tertiary alicyclic amines) is 1. The third-order valence-corrected chi connectivity index (χ3v) is 4.14. The fraction of sp³-hybridized carbons (Fsp3) is 0.846. The van der Waals surface area contributed by atoms with Gasteiger partial charge in [0.05, 0.1) is 11.0 Å². The van der Waals surface area contributed by atoms with Gasteiger partial charge in [-0.25, -0.2) is 0 Å². The van der Waals surface area contributed by atoms with Crippen molar-refractivity contribution in [3.05, 3.63) is 0 Å². The molecule has 1 amide bonds. The molecule has 0 radical (unpaired) electrons. The summed E-state index contributed by atoms with van der Waals surface area (Å²) < 4.78 is 0. The van der Waals surface area contributed by atoms with Gasteiger partial charge in [0.2, 0.25) is 5.91 Å². The van der Waals surface area contributed by atoms with Gasteiger partial charge in [0.15, 0.2) is 0 Å². The van der Waals surface area contributed by atoms with Crippen molar-refractivity contribution in [2.24, 2.45) is 11.7 Å². The van der Waals surface area contributed by atoms with Gasteiger partial charge >= 0.3 is 0 Å².